The highest BCUT2D eigenvalue weighted by Crippen LogP contribution is 2.54. The molecule has 3 aromatic rings. The number of rotatable bonds is 3. The van der Waals surface area contributed by atoms with Gasteiger partial charge in [-0.15, -0.1) is 0 Å². The van der Waals surface area contributed by atoms with Crippen LogP contribution < -0.4 is 0 Å². The number of benzene rings is 2. The van der Waals surface area contributed by atoms with Crippen LogP contribution in [0.4, 0.5) is 13.2 Å². The second kappa shape index (κ2) is 8.36. The number of ketones is 1. The lowest BCUT2D eigenvalue weighted by atomic mass is 9.65. The Morgan fingerprint density at radius 2 is 1.75 bits per heavy atom. The van der Waals surface area contributed by atoms with Gasteiger partial charge in [-0.1, -0.05) is 36.4 Å². The Kier molecular flexibility index (Phi) is 5.65. The first-order valence-corrected chi connectivity index (χ1v) is 12.1. The van der Waals surface area contributed by atoms with Crippen molar-refractivity contribution >= 4 is 11.8 Å². The second-order valence-corrected chi connectivity index (χ2v) is 10.6. The lowest BCUT2D eigenvalue weighted by Gasteiger charge is -2.38. The van der Waals surface area contributed by atoms with Gasteiger partial charge in [-0.05, 0) is 69.4 Å². The molecule has 0 amide bonds. The van der Waals surface area contributed by atoms with Crippen molar-refractivity contribution in [2.75, 3.05) is 0 Å². The summed E-state index contributed by atoms with van der Waals surface area (Å²) in [7, 11) is 0. The average Bonchev–Trinajstić information content (AvgIpc) is 3.37. The third-order valence-electron chi connectivity index (χ3n) is 7.10. The summed E-state index contributed by atoms with van der Waals surface area (Å²) in [5.41, 5.74) is -0.342. The molecule has 0 radical (unpaired) electrons. The summed E-state index contributed by atoms with van der Waals surface area (Å²) in [6.45, 7) is 5.33. The van der Waals surface area contributed by atoms with Crippen molar-refractivity contribution in [3.63, 3.8) is 0 Å². The van der Waals surface area contributed by atoms with E-state index in [0.29, 0.717) is 41.9 Å². The Balaban J connectivity index is 1.59. The first kappa shape index (κ1) is 24.3. The predicted octanol–water partition coefficient (Wildman–Crippen LogP) is 7.15. The van der Waals surface area contributed by atoms with Crippen LogP contribution in [0.3, 0.4) is 0 Å². The average molecular weight is 497 g/mol. The molecule has 1 heterocycles. The summed E-state index contributed by atoms with van der Waals surface area (Å²) in [6.07, 6.45) is -2.26. The standard InChI is InChI=1S/C29H27F3O4/c1-27(2,3)36-26(34)28(16-18-7-4-5-8-20(18)25(28)33)22-9-6-10-23-21(22)15-24(35-23)17-11-13-19(14-12-17)29(30,31)32/h4-5,7-8,11-15,22H,6,9-10,16H2,1-3H3/t22-,28+/m1/s1. The van der Waals surface area contributed by atoms with Gasteiger partial charge >= 0.3 is 12.1 Å². The summed E-state index contributed by atoms with van der Waals surface area (Å²) in [4.78, 5) is 27.7. The third kappa shape index (κ3) is 4.04. The van der Waals surface area contributed by atoms with Crippen molar-refractivity contribution in [1.82, 2.24) is 0 Å². The topological polar surface area (TPSA) is 56.5 Å². The fourth-order valence-electron chi connectivity index (χ4n) is 5.51. The summed E-state index contributed by atoms with van der Waals surface area (Å²) in [5, 5.41) is 0. The Hall–Kier alpha value is -3.35. The number of carbonyl (C=O) groups is 2. The minimum absolute atomic E-state index is 0.238. The van der Waals surface area contributed by atoms with Crippen LogP contribution in [0.15, 0.2) is 59.0 Å². The number of halogens is 3. The Morgan fingerprint density at radius 1 is 1.06 bits per heavy atom. The Bertz CT molecular complexity index is 1330. The highest BCUT2D eigenvalue weighted by Gasteiger charge is 2.59. The normalized spacial score (nSPS) is 21.7. The van der Waals surface area contributed by atoms with Crippen LogP contribution in [-0.4, -0.2) is 17.4 Å². The van der Waals surface area contributed by atoms with Gasteiger partial charge in [-0.2, -0.15) is 13.2 Å². The quantitative estimate of drug-likeness (QED) is 0.285. The zero-order valence-electron chi connectivity index (χ0n) is 20.4. The fraction of sp³-hybridized carbons (Fsp3) is 0.379. The molecule has 2 aliphatic carbocycles. The monoisotopic (exact) mass is 496 g/mol. The number of furan rings is 1. The van der Waals surface area contributed by atoms with E-state index in [2.05, 4.69) is 0 Å². The van der Waals surface area contributed by atoms with Crippen molar-refractivity contribution in [1.29, 1.82) is 0 Å². The Labute approximate surface area is 207 Å². The van der Waals surface area contributed by atoms with E-state index < -0.39 is 34.6 Å². The van der Waals surface area contributed by atoms with Gasteiger partial charge in [0.05, 0.1) is 5.56 Å². The minimum atomic E-state index is -4.43. The molecule has 2 aliphatic rings. The maximum atomic E-state index is 13.9. The van der Waals surface area contributed by atoms with Crippen molar-refractivity contribution in [3.05, 3.63) is 82.6 Å². The molecule has 2 aromatic carbocycles. The van der Waals surface area contributed by atoms with Gasteiger partial charge in [0.25, 0.3) is 0 Å². The second-order valence-electron chi connectivity index (χ2n) is 10.6. The number of hydrogen-bond donors (Lipinski definition) is 0. The SMILES string of the molecule is CC(C)(C)OC(=O)[C@]1([C@@H]2CCCc3oc(-c4ccc(C(F)(F)F)cc4)cc32)Cc2ccccc2C1=O. The first-order chi connectivity index (χ1) is 16.9. The number of Topliss-reactive ketones (excluding diaryl/α,β-unsaturated/α-hetero) is 1. The van der Waals surface area contributed by atoms with Gasteiger partial charge in [0.2, 0.25) is 0 Å². The predicted molar refractivity (Wildman–Crippen MR) is 128 cm³/mol. The Morgan fingerprint density at radius 3 is 2.39 bits per heavy atom. The maximum absolute atomic E-state index is 13.9. The van der Waals surface area contributed by atoms with E-state index in [1.165, 1.54) is 12.1 Å². The molecule has 5 rings (SSSR count). The van der Waals surface area contributed by atoms with Crippen LogP contribution in [-0.2, 0) is 28.5 Å². The van der Waals surface area contributed by atoms with Crippen LogP contribution in [0, 0.1) is 5.41 Å². The molecule has 0 saturated heterocycles. The van der Waals surface area contributed by atoms with Gasteiger partial charge < -0.3 is 9.15 Å². The molecule has 0 saturated carbocycles. The van der Waals surface area contributed by atoms with E-state index >= 15 is 0 Å². The van der Waals surface area contributed by atoms with Gasteiger partial charge in [0.1, 0.15) is 22.5 Å². The molecule has 0 spiro atoms. The molecular formula is C29H27F3O4. The van der Waals surface area contributed by atoms with E-state index in [1.54, 1.807) is 39.0 Å². The van der Waals surface area contributed by atoms with Crippen LogP contribution in [0.5, 0.6) is 0 Å². The number of ether oxygens (including phenoxy) is 1. The van der Waals surface area contributed by atoms with Crippen LogP contribution in [0.1, 0.15) is 72.3 Å². The van der Waals surface area contributed by atoms with Crippen LogP contribution >= 0.6 is 0 Å². The van der Waals surface area contributed by atoms with E-state index in [-0.39, 0.29) is 12.2 Å². The molecule has 0 aliphatic heterocycles. The summed E-state index contributed by atoms with van der Waals surface area (Å²) in [6, 6.07) is 13.8. The summed E-state index contributed by atoms with van der Waals surface area (Å²) in [5.74, 6) is -0.187. The van der Waals surface area contributed by atoms with Crippen LogP contribution in [0.2, 0.25) is 0 Å². The van der Waals surface area contributed by atoms with E-state index in [0.717, 1.165) is 23.3 Å². The van der Waals surface area contributed by atoms with Crippen molar-refractivity contribution in [3.8, 4) is 11.3 Å². The molecule has 1 aromatic heterocycles. The lowest BCUT2D eigenvalue weighted by molar-refractivity contribution is -0.165. The molecular weight excluding hydrogens is 469 g/mol. The first-order valence-electron chi connectivity index (χ1n) is 12.1. The number of carbonyl (C=O) groups excluding carboxylic acids is 2. The van der Waals surface area contributed by atoms with Crippen LogP contribution in [0.25, 0.3) is 11.3 Å². The molecule has 4 nitrogen and oxygen atoms in total. The van der Waals surface area contributed by atoms with Gasteiger partial charge in [0.15, 0.2) is 5.78 Å². The van der Waals surface area contributed by atoms with Gasteiger partial charge in [-0.3, -0.25) is 9.59 Å². The highest BCUT2D eigenvalue weighted by molar-refractivity contribution is 6.17. The molecule has 0 unspecified atom stereocenters. The maximum Gasteiger partial charge on any atom is 0.416 e. The van der Waals surface area contributed by atoms with Gasteiger partial charge in [-0.25, -0.2) is 0 Å². The number of fused-ring (bicyclic) bond motifs is 2. The third-order valence-corrected chi connectivity index (χ3v) is 7.10. The highest BCUT2D eigenvalue weighted by atomic mass is 19.4. The van der Waals surface area contributed by atoms with Gasteiger partial charge in [0, 0.05) is 23.5 Å². The van der Waals surface area contributed by atoms with Crippen molar-refractivity contribution in [2.24, 2.45) is 5.41 Å². The van der Waals surface area contributed by atoms with E-state index in [1.807, 2.05) is 12.1 Å². The molecule has 36 heavy (non-hydrogen) atoms. The summed E-state index contributed by atoms with van der Waals surface area (Å²) < 4.78 is 51.0. The molecule has 0 fully saturated rings. The van der Waals surface area contributed by atoms with E-state index in [9.17, 15) is 22.8 Å². The molecule has 0 bridgehead atoms. The zero-order chi connectivity index (χ0) is 25.9. The summed E-state index contributed by atoms with van der Waals surface area (Å²) >= 11 is 0. The number of aryl methyl sites for hydroxylation is 1. The van der Waals surface area contributed by atoms with E-state index in [4.69, 9.17) is 9.15 Å². The molecule has 7 heteroatoms. The van der Waals surface area contributed by atoms with Crippen molar-refractivity contribution in [2.45, 2.75) is 64.1 Å². The minimum Gasteiger partial charge on any atom is -0.461 e. The van der Waals surface area contributed by atoms with Crippen molar-refractivity contribution < 1.29 is 31.9 Å². The number of alkyl halides is 3. The lowest BCUT2D eigenvalue weighted by Crippen LogP contribution is -2.47. The largest absolute Gasteiger partial charge is 0.461 e. The molecule has 0 N–H and O–H groups in total. The molecule has 2 atom stereocenters. The smallest absolute Gasteiger partial charge is 0.416 e. The fourth-order valence-corrected chi connectivity index (χ4v) is 5.51. The molecule has 188 valence electrons. The number of hydrogen-bond acceptors (Lipinski definition) is 4. The zero-order valence-corrected chi connectivity index (χ0v) is 20.4. The number of esters is 1.